The van der Waals surface area contributed by atoms with Crippen molar-refractivity contribution in [2.24, 2.45) is 10.5 Å². The summed E-state index contributed by atoms with van der Waals surface area (Å²) in [5, 5.41) is 7.46. The molecule has 116 valence electrons. The number of carbonyl (C=O) groups is 1. The van der Waals surface area contributed by atoms with Gasteiger partial charge in [0.2, 0.25) is 0 Å². The molecule has 0 radical (unpaired) electrons. The number of fused-ring (bicyclic) bond motifs is 3. The van der Waals surface area contributed by atoms with Crippen molar-refractivity contribution >= 4 is 17.4 Å². The number of rotatable bonds is 2. The van der Waals surface area contributed by atoms with Gasteiger partial charge in [0.25, 0.3) is 5.91 Å². The number of amidine groups is 1. The normalized spacial score (nSPS) is 25.2. The molecule has 0 spiro atoms. The van der Waals surface area contributed by atoms with Crippen molar-refractivity contribution in [3.8, 4) is 5.75 Å². The van der Waals surface area contributed by atoms with Crippen molar-refractivity contribution in [2.75, 3.05) is 24.6 Å². The minimum Gasteiger partial charge on any atom is -0.483 e. The summed E-state index contributed by atoms with van der Waals surface area (Å²) in [6.07, 6.45) is 1.02. The largest absolute Gasteiger partial charge is 0.483 e. The van der Waals surface area contributed by atoms with E-state index in [4.69, 9.17) is 4.74 Å². The second-order valence-electron chi connectivity index (χ2n) is 6.73. The molecule has 1 atom stereocenters. The molecule has 1 amide bonds. The summed E-state index contributed by atoms with van der Waals surface area (Å²) in [5.41, 5.74) is 5.09. The molecule has 6 nitrogen and oxygen atoms in total. The maximum absolute atomic E-state index is 11.9. The van der Waals surface area contributed by atoms with Gasteiger partial charge in [0.15, 0.2) is 5.84 Å². The predicted molar refractivity (Wildman–Crippen MR) is 84.1 cm³/mol. The number of nitrogens with one attached hydrogen (secondary N) is 2. The summed E-state index contributed by atoms with van der Waals surface area (Å²) in [6, 6.07) is 6.00. The zero-order valence-corrected chi connectivity index (χ0v) is 12.8. The van der Waals surface area contributed by atoms with Gasteiger partial charge in [-0.15, -0.1) is 0 Å². The first-order valence-electron chi connectivity index (χ1n) is 7.68. The Balaban J connectivity index is 1.70. The van der Waals surface area contributed by atoms with E-state index in [1.165, 1.54) is 5.56 Å². The molecule has 4 rings (SSSR count). The zero-order valence-electron chi connectivity index (χ0n) is 12.8. The highest BCUT2D eigenvalue weighted by atomic mass is 16.5. The first-order chi connectivity index (χ1) is 10.6. The third-order valence-electron chi connectivity index (χ3n) is 4.71. The highest BCUT2D eigenvalue weighted by molar-refractivity contribution is 6.09. The van der Waals surface area contributed by atoms with Gasteiger partial charge in [-0.05, 0) is 36.5 Å². The lowest BCUT2D eigenvalue weighted by Crippen LogP contribution is -2.55. The summed E-state index contributed by atoms with van der Waals surface area (Å²) >= 11 is 0. The van der Waals surface area contributed by atoms with Crippen molar-refractivity contribution in [2.45, 2.75) is 26.3 Å². The third-order valence-corrected chi connectivity index (χ3v) is 4.71. The Morgan fingerprint density at radius 2 is 2.27 bits per heavy atom. The number of hydrogen-bond acceptors (Lipinski definition) is 5. The first-order valence-corrected chi connectivity index (χ1v) is 7.68. The van der Waals surface area contributed by atoms with Gasteiger partial charge in [0.05, 0.1) is 5.69 Å². The van der Waals surface area contributed by atoms with Crippen LogP contribution in [0.3, 0.4) is 0 Å². The number of nitrogens with zero attached hydrogens (tertiary/aromatic N) is 2. The average Bonchev–Trinajstić information content (AvgIpc) is 2.49. The highest BCUT2D eigenvalue weighted by Gasteiger charge is 2.36. The number of benzene rings is 1. The molecule has 0 aliphatic carbocycles. The van der Waals surface area contributed by atoms with Gasteiger partial charge in [0.1, 0.15) is 18.4 Å². The van der Waals surface area contributed by atoms with E-state index in [9.17, 15) is 4.79 Å². The van der Waals surface area contributed by atoms with E-state index in [1.54, 1.807) is 0 Å². The molecule has 6 heteroatoms. The first kappa shape index (κ1) is 13.6. The van der Waals surface area contributed by atoms with Gasteiger partial charge in [-0.25, -0.2) is 5.43 Å². The topological polar surface area (TPSA) is 66.0 Å². The molecular weight excluding hydrogens is 280 g/mol. The van der Waals surface area contributed by atoms with Crippen LogP contribution < -0.4 is 20.4 Å². The fraction of sp³-hybridized carbons (Fsp3) is 0.500. The number of anilines is 1. The van der Waals surface area contributed by atoms with Crippen LogP contribution in [-0.4, -0.2) is 37.5 Å². The van der Waals surface area contributed by atoms with E-state index < -0.39 is 0 Å². The molecule has 1 aromatic rings. The van der Waals surface area contributed by atoms with Crippen molar-refractivity contribution < 1.29 is 9.53 Å². The maximum atomic E-state index is 11.9. The third kappa shape index (κ3) is 2.06. The van der Waals surface area contributed by atoms with Crippen LogP contribution in [0.1, 0.15) is 19.4 Å². The van der Waals surface area contributed by atoms with Crippen LogP contribution in [0.5, 0.6) is 5.75 Å². The molecule has 3 aliphatic heterocycles. The van der Waals surface area contributed by atoms with Crippen molar-refractivity contribution in [3.63, 3.8) is 0 Å². The maximum Gasteiger partial charge on any atom is 0.262 e. The number of carbonyl (C=O) groups excluding carboxylic acids is 1. The number of hydrogen-bond donors (Lipinski definition) is 2. The minimum atomic E-state index is -0.272. The average molecular weight is 300 g/mol. The SMILES string of the molecule is C[C@@H]1C(=O)NN=C2COc3ccc(CC4(C)CNC4)cc3N21. The monoisotopic (exact) mass is 300 g/mol. The van der Waals surface area contributed by atoms with Gasteiger partial charge in [0, 0.05) is 13.1 Å². The van der Waals surface area contributed by atoms with E-state index in [-0.39, 0.29) is 11.9 Å². The van der Waals surface area contributed by atoms with Crippen molar-refractivity contribution in [1.29, 1.82) is 0 Å². The molecule has 0 unspecified atom stereocenters. The van der Waals surface area contributed by atoms with E-state index in [2.05, 4.69) is 34.9 Å². The second-order valence-corrected chi connectivity index (χ2v) is 6.73. The molecule has 1 saturated heterocycles. The lowest BCUT2D eigenvalue weighted by Gasteiger charge is -2.41. The van der Waals surface area contributed by atoms with E-state index in [0.29, 0.717) is 12.0 Å². The zero-order chi connectivity index (χ0) is 15.3. The van der Waals surface area contributed by atoms with Gasteiger partial charge < -0.3 is 15.0 Å². The van der Waals surface area contributed by atoms with Crippen molar-refractivity contribution in [1.82, 2.24) is 10.7 Å². The number of hydrazone groups is 1. The van der Waals surface area contributed by atoms with Crippen LogP contribution >= 0.6 is 0 Å². The highest BCUT2D eigenvalue weighted by Crippen LogP contribution is 2.37. The Bertz CT molecular complexity index is 666. The summed E-state index contributed by atoms with van der Waals surface area (Å²) in [7, 11) is 0. The van der Waals surface area contributed by atoms with Crippen LogP contribution in [0.4, 0.5) is 5.69 Å². The Kier molecular flexibility index (Phi) is 2.91. The molecule has 2 N–H and O–H groups in total. The van der Waals surface area contributed by atoms with E-state index in [1.807, 2.05) is 17.9 Å². The smallest absolute Gasteiger partial charge is 0.262 e. The van der Waals surface area contributed by atoms with Crippen LogP contribution in [0.15, 0.2) is 23.3 Å². The number of amides is 1. The van der Waals surface area contributed by atoms with Crippen molar-refractivity contribution in [3.05, 3.63) is 23.8 Å². The fourth-order valence-electron chi connectivity index (χ4n) is 3.35. The van der Waals surface area contributed by atoms with E-state index >= 15 is 0 Å². The summed E-state index contributed by atoms with van der Waals surface area (Å²) in [6.45, 7) is 6.68. The lowest BCUT2D eigenvalue weighted by molar-refractivity contribution is -0.122. The van der Waals surface area contributed by atoms with Gasteiger partial charge in [-0.2, -0.15) is 5.10 Å². The second kappa shape index (κ2) is 4.71. The fourth-order valence-corrected chi connectivity index (χ4v) is 3.35. The van der Waals surface area contributed by atoms with Gasteiger partial charge >= 0.3 is 0 Å². The standard InChI is InChI=1S/C16H20N4O2/c1-10-15(21)19-18-14-7-22-13-4-3-11(5-12(13)20(10)14)6-16(2)8-17-9-16/h3-5,10,17H,6-9H2,1-2H3,(H,19,21)/t10-/m1/s1. The minimum absolute atomic E-state index is 0.0860. The summed E-state index contributed by atoms with van der Waals surface area (Å²) in [5.74, 6) is 1.49. The van der Waals surface area contributed by atoms with Crippen LogP contribution in [-0.2, 0) is 11.2 Å². The predicted octanol–water partition coefficient (Wildman–Crippen LogP) is 0.869. The quantitative estimate of drug-likeness (QED) is 0.850. The molecule has 0 bridgehead atoms. The number of ether oxygens (including phenoxy) is 1. The van der Waals surface area contributed by atoms with Gasteiger partial charge in [-0.1, -0.05) is 13.0 Å². The molecule has 1 fully saturated rings. The molecular formula is C16H20N4O2. The molecule has 22 heavy (non-hydrogen) atoms. The van der Waals surface area contributed by atoms with Crippen LogP contribution in [0.2, 0.25) is 0 Å². The Morgan fingerprint density at radius 3 is 3.00 bits per heavy atom. The molecule has 1 aromatic carbocycles. The summed E-state index contributed by atoms with van der Waals surface area (Å²) in [4.78, 5) is 13.9. The Labute approximate surface area is 129 Å². The van der Waals surface area contributed by atoms with Crippen LogP contribution in [0.25, 0.3) is 0 Å². The van der Waals surface area contributed by atoms with Gasteiger partial charge in [-0.3, -0.25) is 4.79 Å². The summed E-state index contributed by atoms with van der Waals surface area (Å²) < 4.78 is 5.77. The molecule has 0 aromatic heterocycles. The molecule has 0 saturated carbocycles. The Morgan fingerprint density at radius 1 is 1.45 bits per heavy atom. The van der Waals surface area contributed by atoms with Crippen LogP contribution in [0, 0.1) is 5.41 Å². The lowest BCUT2D eigenvalue weighted by atomic mass is 9.78. The Hall–Kier alpha value is -2.08. The molecule has 3 heterocycles. The van der Waals surface area contributed by atoms with E-state index in [0.717, 1.165) is 36.8 Å². The molecule has 3 aliphatic rings.